The van der Waals surface area contributed by atoms with Gasteiger partial charge in [-0.1, -0.05) is 27.2 Å². The zero-order valence-electron chi connectivity index (χ0n) is 24.5. The number of nitrogens with one attached hydrogen (secondary N) is 2. The van der Waals surface area contributed by atoms with Crippen LogP contribution in [0.25, 0.3) is 0 Å². The molecule has 1 saturated carbocycles. The van der Waals surface area contributed by atoms with E-state index in [1.54, 1.807) is 0 Å². The van der Waals surface area contributed by atoms with Gasteiger partial charge in [0.1, 0.15) is 24.1 Å². The SMILES string of the molecule is CCCNCC1=CC[C@@H](N)[C@@H](O[C@@H]2C(CN)C[C@@H](NC(=O)[C@@H](O)CN)[C@H](OC(OCC)C(N)[C@H](C)CC)[C@H]2O)O1. The summed E-state index contributed by atoms with van der Waals surface area (Å²) in [6.45, 7) is 9.55. The summed E-state index contributed by atoms with van der Waals surface area (Å²) in [5, 5.41) is 27.8. The predicted octanol–water partition coefficient (Wildman–Crippen LogP) is -1.41. The fourth-order valence-electron chi connectivity index (χ4n) is 4.97. The van der Waals surface area contributed by atoms with Crippen LogP contribution >= 0.6 is 0 Å². The van der Waals surface area contributed by atoms with Crippen LogP contribution in [0, 0.1) is 11.8 Å². The maximum Gasteiger partial charge on any atom is 0.250 e. The highest BCUT2D eigenvalue weighted by Gasteiger charge is 2.49. The molecule has 0 aromatic rings. The van der Waals surface area contributed by atoms with E-state index in [9.17, 15) is 15.0 Å². The number of nitrogens with two attached hydrogens (primary N) is 4. The molecule has 1 heterocycles. The molecule has 1 aliphatic carbocycles. The van der Waals surface area contributed by atoms with Crippen molar-refractivity contribution in [1.29, 1.82) is 0 Å². The van der Waals surface area contributed by atoms with E-state index in [1.807, 2.05) is 26.8 Å². The van der Waals surface area contributed by atoms with Gasteiger partial charge in [-0.3, -0.25) is 4.79 Å². The van der Waals surface area contributed by atoms with E-state index in [4.69, 9.17) is 41.9 Å². The van der Waals surface area contributed by atoms with Crippen LogP contribution < -0.4 is 33.6 Å². The second-order valence-electron chi connectivity index (χ2n) is 10.8. The van der Waals surface area contributed by atoms with Gasteiger partial charge in [-0.25, -0.2) is 0 Å². The fraction of sp³-hybridized carbons (Fsp3) is 0.889. The van der Waals surface area contributed by atoms with Crippen molar-refractivity contribution < 1.29 is 34.0 Å². The summed E-state index contributed by atoms with van der Waals surface area (Å²) in [5.41, 5.74) is 24.4. The first-order valence-corrected chi connectivity index (χ1v) is 14.7. The summed E-state index contributed by atoms with van der Waals surface area (Å²) in [6, 6.07) is -1.67. The van der Waals surface area contributed by atoms with Crippen LogP contribution in [0.4, 0.5) is 0 Å². The van der Waals surface area contributed by atoms with Crippen LogP contribution in [0.2, 0.25) is 0 Å². The average Bonchev–Trinajstić information content (AvgIpc) is 2.95. The number of ether oxygens (including phenoxy) is 4. The fourth-order valence-corrected chi connectivity index (χ4v) is 4.97. The molecule has 13 nitrogen and oxygen atoms in total. The van der Waals surface area contributed by atoms with Gasteiger partial charge in [0.25, 0.3) is 0 Å². The van der Waals surface area contributed by atoms with Crippen molar-refractivity contribution in [3.05, 3.63) is 11.8 Å². The second kappa shape index (κ2) is 17.5. The molecule has 12 N–H and O–H groups in total. The topological polar surface area (TPSA) is 223 Å². The summed E-state index contributed by atoms with van der Waals surface area (Å²) < 4.78 is 24.6. The van der Waals surface area contributed by atoms with Crippen LogP contribution in [0.1, 0.15) is 53.4 Å². The largest absolute Gasteiger partial charge is 0.467 e. The lowest BCUT2D eigenvalue weighted by atomic mass is 9.78. The highest BCUT2D eigenvalue weighted by atomic mass is 16.7. The van der Waals surface area contributed by atoms with E-state index in [2.05, 4.69) is 17.6 Å². The Bertz CT molecular complexity index is 778. The first-order chi connectivity index (χ1) is 19.1. The molecule has 0 aromatic heterocycles. The van der Waals surface area contributed by atoms with Gasteiger partial charge in [0, 0.05) is 19.1 Å². The van der Waals surface area contributed by atoms with Crippen molar-refractivity contribution in [1.82, 2.24) is 10.6 Å². The lowest BCUT2D eigenvalue weighted by molar-refractivity contribution is -0.264. The van der Waals surface area contributed by atoms with Crippen LogP contribution in [0.5, 0.6) is 0 Å². The number of hydrogen-bond acceptors (Lipinski definition) is 12. The van der Waals surface area contributed by atoms with Crippen LogP contribution in [-0.4, -0.2) is 104 Å². The highest BCUT2D eigenvalue weighted by molar-refractivity contribution is 5.81. The third-order valence-corrected chi connectivity index (χ3v) is 7.74. The first-order valence-electron chi connectivity index (χ1n) is 14.7. The van der Waals surface area contributed by atoms with Crippen molar-refractivity contribution >= 4 is 5.91 Å². The predicted molar refractivity (Wildman–Crippen MR) is 151 cm³/mol. The van der Waals surface area contributed by atoms with E-state index in [0.29, 0.717) is 26.0 Å². The lowest BCUT2D eigenvalue weighted by Gasteiger charge is -2.47. The van der Waals surface area contributed by atoms with Crippen molar-refractivity contribution in [2.24, 2.45) is 34.8 Å². The van der Waals surface area contributed by atoms with Crippen LogP contribution in [-0.2, 0) is 23.7 Å². The third-order valence-electron chi connectivity index (χ3n) is 7.74. The molecule has 234 valence electrons. The minimum absolute atomic E-state index is 0.0633. The molecule has 3 unspecified atom stereocenters. The van der Waals surface area contributed by atoms with E-state index in [0.717, 1.165) is 25.1 Å². The van der Waals surface area contributed by atoms with Gasteiger partial charge in [0.2, 0.25) is 12.2 Å². The Kier molecular flexibility index (Phi) is 15.3. The Morgan fingerprint density at radius 2 is 1.98 bits per heavy atom. The minimum Gasteiger partial charge on any atom is -0.467 e. The number of hydrogen-bond donors (Lipinski definition) is 8. The zero-order valence-corrected chi connectivity index (χ0v) is 24.5. The van der Waals surface area contributed by atoms with E-state index in [1.165, 1.54) is 0 Å². The number of carbonyl (C=O) groups is 1. The Morgan fingerprint density at radius 3 is 2.58 bits per heavy atom. The average molecular weight is 575 g/mol. The van der Waals surface area contributed by atoms with Crippen molar-refractivity contribution in [3.63, 3.8) is 0 Å². The number of carbonyl (C=O) groups excluding carboxylic acids is 1. The second-order valence-corrected chi connectivity index (χ2v) is 10.8. The summed E-state index contributed by atoms with van der Waals surface area (Å²) in [6.07, 6.45) is -1.57. The lowest BCUT2D eigenvalue weighted by Crippen LogP contribution is -2.65. The summed E-state index contributed by atoms with van der Waals surface area (Å²) >= 11 is 0. The smallest absolute Gasteiger partial charge is 0.250 e. The number of aliphatic hydroxyl groups is 2. The summed E-state index contributed by atoms with van der Waals surface area (Å²) in [4.78, 5) is 12.6. The van der Waals surface area contributed by atoms with Crippen molar-refractivity contribution in [2.75, 3.05) is 32.8 Å². The molecule has 1 aliphatic heterocycles. The Hall–Kier alpha value is -1.39. The number of rotatable bonds is 17. The molecule has 2 aliphatic rings. The quantitative estimate of drug-likeness (QED) is 0.0741. The molecular weight excluding hydrogens is 520 g/mol. The third kappa shape index (κ3) is 9.58. The van der Waals surface area contributed by atoms with Gasteiger partial charge in [-0.15, -0.1) is 0 Å². The zero-order chi connectivity index (χ0) is 29.8. The van der Waals surface area contributed by atoms with Gasteiger partial charge >= 0.3 is 0 Å². The molecule has 0 aromatic carbocycles. The molecule has 0 saturated heterocycles. The van der Waals surface area contributed by atoms with Gasteiger partial charge in [-0.05, 0) is 51.3 Å². The van der Waals surface area contributed by atoms with E-state index >= 15 is 0 Å². The number of aliphatic hydroxyl groups excluding tert-OH is 2. The Labute approximate surface area is 238 Å². The number of amides is 1. The molecule has 0 bridgehead atoms. The monoisotopic (exact) mass is 574 g/mol. The standard InChI is InChI=1S/C27H54N6O7/c1-5-10-32-14-17-8-9-18(30)26(38-17)39-23-16(12-28)11-19(33-25(36)20(34)13-29)24(22(23)35)40-27(37-7-3)21(31)15(4)6-2/h8,15-16,18-24,26-27,32,34-35H,5-7,9-14,28-31H2,1-4H3,(H,33,36)/t15-,16?,18-,19-,20+,21?,22+,23-,24+,26-,27?/m1/s1. The van der Waals surface area contributed by atoms with E-state index in [-0.39, 0.29) is 24.9 Å². The summed E-state index contributed by atoms with van der Waals surface area (Å²) in [5.74, 6) is -0.269. The van der Waals surface area contributed by atoms with Gasteiger partial charge in [0.15, 0.2) is 6.29 Å². The molecular formula is C27H54N6O7. The molecule has 0 radical (unpaired) electrons. The maximum absolute atomic E-state index is 12.6. The van der Waals surface area contributed by atoms with Crippen LogP contribution in [0.3, 0.4) is 0 Å². The van der Waals surface area contributed by atoms with Crippen molar-refractivity contribution in [3.8, 4) is 0 Å². The molecule has 1 amide bonds. The van der Waals surface area contributed by atoms with Gasteiger partial charge < -0.3 is 62.7 Å². The Balaban J connectivity index is 2.31. The first kappa shape index (κ1) is 34.8. The Morgan fingerprint density at radius 1 is 1.25 bits per heavy atom. The molecule has 13 heteroatoms. The van der Waals surface area contributed by atoms with Gasteiger partial charge in [-0.2, -0.15) is 0 Å². The molecule has 11 atom stereocenters. The van der Waals surface area contributed by atoms with Crippen molar-refractivity contribution in [2.45, 2.75) is 108 Å². The molecule has 2 rings (SSSR count). The highest BCUT2D eigenvalue weighted by Crippen LogP contribution is 2.33. The van der Waals surface area contributed by atoms with E-state index < -0.39 is 61.0 Å². The van der Waals surface area contributed by atoms with Gasteiger partial charge in [0.05, 0.1) is 30.8 Å². The minimum atomic E-state index is -1.41. The summed E-state index contributed by atoms with van der Waals surface area (Å²) in [7, 11) is 0. The normalized spacial score (nSPS) is 31.9. The molecule has 1 fully saturated rings. The van der Waals surface area contributed by atoms with Crippen LogP contribution in [0.15, 0.2) is 11.8 Å². The maximum atomic E-state index is 12.6. The molecule has 40 heavy (non-hydrogen) atoms. The molecule has 0 spiro atoms.